The third-order valence-corrected chi connectivity index (χ3v) is 4.65. The van der Waals surface area contributed by atoms with Crippen LogP contribution in [-0.4, -0.2) is 53.9 Å². The van der Waals surface area contributed by atoms with Crippen LogP contribution in [0.5, 0.6) is 0 Å². The molecule has 0 bridgehead atoms. The second-order valence-corrected chi connectivity index (χ2v) is 6.72. The zero-order valence-electron chi connectivity index (χ0n) is 14.8. The summed E-state index contributed by atoms with van der Waals surface area (Å²) in [7, 11) is 1.88. The SMILES string of the molecule is CN(Cc1ccccc1)C(=O)CN1CC[C@@H](CNc2ccccn2)C1. The Labute approximate surface area is 149 Å². The lowest BCUT2D eigenvalue weighted by Gasteiger charge is -2.22. The van der Waals surface area contributed by atoms with Gasteiger partial charge in [0.1, 0.15) is 5.82 Å². The predicted octanol–water partition coefficient (Wildman–Crippen LogP) is 2.47. The Morgan fingerprint density at radius 3 is 2.80 bits per heavy atom. The molecule has 2 aromatic rings. The van der Waals surface area contributed by atoms with Gasteiger partial charge in [0.25, 0.3) is 0 Å². The van der Waals surface area contributed by atoms with Crippen LogP contribution in [-0.2, 0) is 11.3 Å². The molecular weight excluding hydrogens is 312 g/mol. The van der Waals surface area contributed by atoms with E-state index >= 15 is 0 Å². The first-order valence-corrected chi connectivity index (χ1v) is 8.86. The van der Waals surface area contributed by atoms with Crippen LogP contribution in [0, 0.1) is 5.92 Å². The lowest BCUT2D eigenvalue weighted by atomic mass is 10.1. The molecule has 25 heavy (non-hydrogen) atoms. The maximum atomic E-state index is 12.4. The van der Waals surface area contributed by atoms with E-state index < -0.39 is 0 Å². The summed E-state index contributed by atoms with van der Waals surface area (Å²) in [5, 5.41) is 3.38. The van der Waals surface area contributed by atoms with E-state index in [0.29, 0.717) is 19.0 Å². The van der Waals surface area contributed by atoms with Crippen molar-refractivity contribution in [3.05, 3.63) is 60.3 Å². The number of likely N-dealkylation sites (N-methyl/N-ethyl adjacent to an activating group) is 1. The minimum atomic E-state index is 0.183. The van der Waals surface area contributed by atoms with E-state index in [4.69, 9.17) is 0 Å². The third-order valence-electron chi connectivity index (χ3n) is 4.65. The molecule has 5 nitrogen and oxygen atoms in total. The highest BCUT2D eigenvalue weighted by atomic mass is 16.2. The van der Waals surface area contributed by atoms with E-state index in [9.17, 15) is 4.79 Å². The second-order valence-electron chi connectivity index (χ2n) is 6.72. The molecule has 0 aliphatic carbocycles. The summed E-state index contributed by atoms with van der Waals surface area (Å²) in [6, 6.07) is 16.0. The summed E-state index contributed by atoms with van der Waals surface area (Å²) < 4.78 is 0. The van der Waals surface area contributed by atoms with Gasteiger partial charge in [0, 0.05) is 32.9 Å². The summed E-state index contributed by atoms with van der Waals surface area (Å²) in [5.41, 5.74) is 1.16. The number of rotatable bonds is 7. The highest BCUT2D eigenvalue weighted by molar-refractivity contribution is 5.78. The number of likely N-dealkylation sites (tertiary alicyclic amines) is 1. The van der Waals surface area contributed by atoms with Gasteiger partial charge in [-0.25, -0.2) is 4.98 Å². The summed E-state index contributed by atoms with van der Waals surface area (Å²) in [6.07, 6.45) is 2.92. The van der Waals surface area contributed by atoms with Crippen molar-refractivity contribution in [2.45, 2.75) is 13.0 Å². The Hall–Kier alpha value is -2.40. The van der Waals surface area contributed by atoms with E-state index in [1.54, 1.807) is 6.20 Å². The van der Waals surface area contributed by atoms with Crippen LogP contribution in [0.2, 0.25) is 0 Å². The fourth-order valence-electron chi connectivity index (χ4n) is 3.20. The summed E-state index contributed by atoms with van der Waals surface area (Å²) >= 11 is 0. The number of benzene rings is 1. The molecular formula is C20H26N4O. The molecule has 1 aliphatic rings. The van der Waals surface area contributed by atoms with Gasteiger partial charge >= 0.3 is 0 Å². The van der Waals surface area contributed by atoms with Crippen LogP contribution in [0.1, 0.15) is 12.0 Å². The molecule has 2 heterocycles. The number of pyridine rings is 1. The average Bonchev–Trinajstić information content (AvgIpc) is 3.09. The van der Waals surface area contributed by atoms with Crippen molar-refractivity contribution in [1.29, 1.82) is 0 Å². The fraction of sp³-hybridized carbons (Fsp3) is 0.400. The average molecular weight is 338 g/mol. The molecule has 5 heteroatoms. The van der Waals surface area contributed by atoms with Crippen molar-refractivity contribution in [2.24, 2.45) is 5.92 Å². The molecule has 1 atom stereocenters. The van der Waals surface area contributed by atoms with Gasteiger partial charge in [-0.2, -0.15) is 0 Å². The van der Waals surface area contributed by atoms with Gasteiger partial charge in [-0.15, -0.1) is 0 Å². The minimum Gasteiger partial charge on any atom is -0.370 e. The van der Waals surface area contributed by atoms with Crippen molar-refractivity contribution < 1.29 is 4.79 Å². The van der Waals surface area contributed by atoms with Crippen LogP contribution in [0.15, 0.2) is 54.7 Å². The van der Waals surface area contributed by atoms with Gasteiger partial charge in [-0.3, -0.25) is 9.69 Å². The zero-order chi connectivity index (χ0) is 17.5. The van der Waals surface area contributed by atoms with E-state index in [2.05, 4.69) is 27.3 Å². The molecule has 0 radical (unpaired) electrons. The lowest BCUT2D eigenvalue weighted by molar-refractivity contribution is -0.131. The van der Waals surface area contributed by atoms with Crippen LogP contribution < -0.4 is 5.32 Å². The van der Waals surface area contributed by atoms with Crippen molar-refractivity contribution in [3.8, 4) is 0 Å². The molecule has 132 valence electrons. The molecule has 0 saturated carbocycles. The van der Waals surface area contributed by atoms with Crippen LogP contribution in [0.25, 0.3) is 0 Å². The van der Waals surface area contributed by atoms with E-state index in [1.165, 1.54) is 0 Å². The normalized spacial score (nSPS) is 17.4. The van der Waals surface area contributed by atoms with Crippen LogP contribution in [0.3, 0.4) is 0 Å². The van der Waals surface area contributed by atoms with Gasteiger partial charge in [-0.05, 0) is 36.6 Å². The van der Waals surface area contributed by atoms with Gasteiger partial charge in [-0.1, -0.05) is 36.4 Å². The van der Waals surface area contributed by atoms with E-state index in [0.717, 1.165) is 37.4 Å². The number of carbonyl (C=O) groups excluding carboxylic acids is 1. The van der Waals surface area contributed by atoms with E-state index in [1.807, 2.05) is 48.3 Å². The first-order chi connectivity index (χ1) is 12.2. The molecule has 0 spiro atoms. The number of nitrogens with zero attached hydrogens (tertiary/aromatic N) is 3. The smallest absolute Gasteiger partial charge is 0.236 e. The number of aromatic nitrogens is 1. The number of nitrogens with one attached hydrogen (secondary N) is 1. The number of amides is 1. The molecule has 1 aromatic heterocycles. The maximum absolute atomic E-state index is 12.4. The minimum absolute atomic E-state index is 0.183. The summed E-state index contributed by atoms with van der Waals surface area (Å²) in [4.78, 5) is 20.8. The monoisotopic (exact) mass is 338 g/mol. The number of anilines is 1. The molecule has 1 amide bonds. The Kier molecular flexibility index (Phi) is 6.01. The lowest BCUT2D eigenvalue weighted by Crippen LogP contribution is -2.37. The second kappa shape index (κ2) is 8.62. The predicted molar refractivity (Wildman–Crippen MR) is 100 cm³/mol. The van der Waals surface area contributed by atoms with Gasteiger partial charge in [0.15, 0.2) is 0 Å². The topological polar surface area (TPSA) is 48.5 Å². The van der Waals surface area contributed by atoms with Crippen molar-refractivity contribution in [3.63, 3.8) is 0 Å². The van der Waals surface area contributed by atoms with E-state index in [-0.39, 0.29) is 5.91 Å². The van der Waals surface area contributed by atoms with Crippen LogP contribution in [0.4, 0.5) is 5.82 Å². The van der Waals surface area contributed by atoms with Gasteiger partial charge in [0.2, 0.25) is 5.91 Å². The quantitative estimate of drug-likeness (QED) is 0.843. The molecule has 0 unspecified atom stereocenters. The molecule has 1 N–H and O–H groups in total. The van der Waals surface area contributed by atoms with Crippen molar-refractivity contribution in [1.82, 2.24) is 14.8 Å². The molecule has 3 rings (SSSR count). The number of hydrogen-bond acceptors (Lipinski definition) is 4. The van der Waals surface area contributed by atoms with Crippen LogP contribution >= 0.6 is 0 Å². The summed E-state index contributed by atoms with van der Waals surface area (Å²) in [5.74, 6) is 1.66. The maximum Gasteiger partial charge on any atom is 0.236 e. The van der Waals surface area contributed by atoms with Crippen molar-refractivity contribution >= 4 is 11.7 Å². The largest absolute Gasteiger partial charge is 0.370 e. The molecule has 1 saturated heterocycles. The zero-order valence-corrected chi connectivity index (χ0v) is 14.8. The van der Waals surface area contributed by atoms with Crippen molar-refractivity contribution in [2.75, 3.05) is 38.5 Å². The fourth-order valence-corrected chi connectivity index (χ4v) is 3.20. The standard InChI is InChI=1S/C20H26N4O/c1-23(14-17-7-3-2-4-8-17)20(25)16-24-12-10-18(15-24)13-22-19-9-5-6-11-21-19/h2-9,11,18H,10,12-16H2,1H3,(H,21,22)/t18-/m0/s1. The highest BCUT2D eigenvalue weighted by Crippen LogP contribution is 2.17. The Bertz CT molecular complexity index is 662. The molecule has 1 fully saturated rings. The molecule has 1 aromatic carbocycles. The highest BCUT2D eigenvalue weighted by Gasteiger charge is 2.24. The summed E-state index contributed by atoms with van der Waals surface area (Å²) in [6.45, 7) is 4.02. The Balaban J connectivity index is 1.40. The first-order valence-electron chi connectivity index (χ1n) is 8.86. The number of carbonyl (C=O) groups is 1. The third kappa shape index (κ3) is 5.29. The van der Waals surface area contributed by atoms with Gasteiger partial charge < -0.3 is 10.2 Å². The Morgan fingerprint density at radius 1 is 1.24 bits per heavy atom. The first kappa shape index (κ1) is 17.4. The number of hydrogen-bond donors (Lipinski definition) is 1. The Morgan fingerprint density at radius 2 is 2.04 bits per heavy atom. The van der Waals surface area contributed by atoms with Gasteiger partial charge in [0.05, 0.1) is 6.54 Å². The molecule has 1 aliphatic heterocycles.